The van der Waals surface area contributed by atoms with Crippen LogP contribution in [0.15, 0.2) is 11.8 Å². The van der Waals surface area contributed by atoms with Crippen molar-refractivity contribution in [2.24, 2.45) is 11.7 Å². The summed E-state index contributed by atoms with van der Waals surface area (Å²) in [7, 11) is 0. The Balaban J connectivity index is 2.48. The van der Waals surface area contributed by atoms with Crippen LogP contribution in [0.4, 0.5) is 4.79 Å². The van der Waals surface area contributed by atoms with E-state index in [-0.39, 0.29) is 12.0 Å². The van der Waals surface area contributed by atoms with Gasteiger partial charge in [-0.1, -0.05) is 0 Å². The molecule has 0 atom stereocenters. The van der Waals surface area contributed by atoms with E-state index in [1.54, 1.807) is 11.8 Å². The van der Waals surface area contributed by atoms with Gasteiger partial charge in [-0.3, -0.25) is 0 Å². The molecule has 0 spiro atoms. The first-order chi connectivity index (χ1) is 9.73. The summed E-state index contributed by atoms with van der Waals surface area (Å²) in [6.45, 7) is 8.78. The number of nitrogens with two attached hydrogens (primary N) is 1. The fraction of sp³-hybridized carbons (Fsp3) is 0.733. The molecular formula is C15H26N2O4. The first-order valence-electron chi connectivity index (χ1n) is 7.34. The molecule has 0 radical (unpaired) electrons. The lowest BCUT2D eigenvalue weighted by molar-refractivity contribution is -0.137. The van der Waals surface area contributed by atoms with Crippen molar-refractivity contribution in [2.75, 3.05) is 19.7 Å². The van der Waals surface area contributed by atoms with Gasteiger partial charge < -0.3 is 20.1 Å². The van der Waals surface area contributed by atoms with Crippen molar-refractivity contribution in [1.82, 2.24) is 4.90 Å². The first kappa shape index (κ1) is 17.3. The quantitative estimate of drug-likeness (QED) is 0.637. The topological polar surface area (TPSA) is 81.9 Å². The largest absolute Gasteiger partial charge is 0.463 e. The van der Waals surface area contributed by atoms with Crippen LogP contribution in [0.25, 0.3) is 0 Å². The molecule has 0 bridgehead atoms. The molecule has 120 valence electrons. The number of nitrogens with zero attached hydrogens (tertiary/aromatic N) is 1. The van der Waals surface area contributed by atoms with Crippen LogP contribution < -0.4 is 5.73 Å². The molecule has 1 aliphatic heterocycles. The van der Waals surface area contributed by atoms with E-state index in [0.717, 1.165) is 12.8 Å². The van der Waals surface area contributed by atoms with Gasteiger partial charge in [-0.15, -0.1) is 0 Å². The molecule has 1 heterocycles. The van der Waals surface area contributed by atoms with Crippen molar-refractivity contribution in [3.63, 3.8) is 0 Å². The number of carbonyl (C=O) groups excluding carboxylic acids is 2. The maximum absolute atomic E-state index is 11.9. The highest BCUT2D eigenvalue weighted by Gasteiger charge is 2.27. The minimum atomic E-state index is -0.489. The third kappa shape index (κ3) is 6.06. The van der Waals surface area contributed by atoms with Crippen LogP contribution in [0.5, 0.6) is 0 Å². The molecule has 6 nitrogen and oxygen atoms in total. The molecule has 0 unspecified atom stereocenters. The van der Waals surface area contributed by atoms with Crippen molar-refractivity contribution < 1.29 is 19.1 Å². The second kappa shape index (κ2) is 7.33. The molecule has 0 aromatic carbocycles. The van der Waals surface area contributed by atoms with Crippen LogP contribution in [-0.2, 0) is 14.3 Å². The van der Waals surface area contributed by atoms with Crippen LogP contribution >= 0.6 is 0 Å². The smallest absolute Gasteiger partial charge is 0.410 e. The summed E-state index contributed by atoms with van der Waals surface area (Å²) in [5.74, 6) is -0.308. The zero-order valence-electron chi connectivity index (χ0n) is 13.3. The number of piperidine rings is 1. The number of hydrogen-bond acceptors (Lipinski definition) is 5. The third-order valence-electron chi connectivity index (χ3n) is 3.19. The second-order valence-corrected chi connectivity index (χ2v) is 6.14. The third-order valence-corrected chi connectivity index (χ3v) is 3.19. The van der Waals surface area contributed by atoms with Gasteiger partial charge in [0.25, 0.3) is 0 Å². The van der Waals surface area contributed by atoms with Crippen molar-refractivity contribution in [1.29, 1.82) is 0 Å². The highest BCUT2D eigenvalue weighted by molar-refractivity contribution is 5.82. The summed E-state index contributed by atoms with van der Waals surface area (Å²) >= 11 is 0. The number of carbonyl (C=O) groups is 2. The molecule has 0 saturated carbocycles. The first-order valence-corrected chi connectivity index (χ1v) is 7.34. The lowest BCUT2D eigenvalue weighted by Crippen LogP contribution is -2.42. The van der Waals surface area contributed by atoms with Crippen LogP contribution in [0.1, 0.15) is 40.5 Å². The van der Waals surface area contributed by atoms with Crippen LogP contribution in [-0.4, -0.2) is 42.3 Å². The lowest BCUT2D eigenvalue weighted by Gasteiger charge is -2.33. The van der Waals surface area contributed by atoms with Crippen molar-refractivity contribution in [2.45, 2.75) is 46.1 Å². The average Bonchev–Trinajstić information content (AvgIpc) is 2.37. The van der Waals surface area contributed by atoms with Crippen molar-refractivity contribution >= 4 is 12.1 Å². The van der Waals surface area contributed by atoms with Crippen molar-refractivity contribution in [3.8, 4) is 0 Å². The van der Waals surface area contributed by atoms with E-state index >= 15 is 0 Å². The predicted octanol–water partition coefficient (Wildman–Crippen LogP) is 2.04. The van der Waals surface area contributed by atoms with Crippen LogP contribution in [0.2, 0.25) is 0 Å². The number of hydrogen-bond donors (Lipinski definition) is 1. The molecule has 1 amide bonds. The SMILES string of the molecule is CCOC(=O)/C=C(/N)C1CCN(C(=O)OC(C)(C)C)CC1. The molecule has 0 aromatic rings. The van der Waals surface area contributed by atoms with E-state index in [1.807, 2.05) is 20.8 Å². The monoisotopic (exact) mass is 298 g/mol. The Morgan fingerprint density at radius 3 is 2.33 bits per heavy atom. The Labute approximate surface area is 126 Å². The van der Waals surface area contributed by atoms with Gasteiger partial charge in [-0.2, -0.15) is 0 Å². The summed E-state index contributed by atoms with van der Waals surface area (Å²) in [6, 6.07) is 0. The van der Waals surface area contributed by atoms with E-state index in [0.29, 0.717) is 25.4 Å². The fourth-order valence-electron chi connectivity index (χ4n) is 2.16. The summed E-state index contributed by atoms with van der Waals surface area (Å²) in [5, 5.41) is 0. The Morgan fingerprint density at radius 2 is 1.86 bits per heavy atom. The van der Waals surface area contributed by atoms with Gasteiger partial charge >= 0.3 is 12.1 Å². The second-order valence-electron chi connectivity index (χ2n) is 6.14. The lowest BCUT2D eigenvalue weighted by atomic mass is 9.93. The fourth-order valence-corrected chi connectivity index (χ4v) is 2.16. The normalized spacial score (nSPS) is 17.5. The number of esters is 1. The highest BCUT2D eigenvalue weighted by Crippen LogP contribution is 2.23. The van der Waals surface area contributed by atoms with Gasteiger partial charge in [0, 0.05) is 30.8 Å². The number of ether oxygens (including phenoxy) is 2. The summed E-state index contributed by atoms with van der Waals surface area (Å²) < 4.78 is 10.2. The molecule has 6 heteroatoms. The Morgan fingerprint density at radius 1 is 1.29 bits per heavy atom. The average molecular weight is 298 g/mol. The van der Waals surface area contributed by atoms with E-state index in [4.69, 9.17) is 15.2 Å². The van der Waals surface area contributed by atoms with Gasteiger partial charge in [0.15, 0.2) is 0 Å². The molecule has 1 saturated heterocycles. The number of rotatable bonds is 3. The van der Waals surface area contributed by atoms with Gasteiger partial charge in [0.2, 0.25) is 0 Å². The van der Waals surface area contributed by atoms with E-state index in [9.17, 15) is 9.59 Å². The molecule has 2 N–H and O–H groups in total. The van der Waals surface area contributed by atoms with Gasteiger partial charge in [-0.25, -0.2) is 9.59 Å². The van der Waals surface area contributed by atoms with Crippen LogP contribution in [0.3, 0.4) is 0 Å². The predicted molar refractivity (Wildman–Crippen MR) is 79.4 cm³/mol. The number of allylic oxidation sites excluding steroid dienone is 1. The minimum Gasteiger partial charge on any atom is -0.463 e. The van der Waals surface area contributed by atoms with Crippen molar-refractivity contribution in [3.05, 3.63) is 11.8 Å². The zero-order valence-corrected chi connectivity index (χ0v) is 13.3. The molecule has 1 rings (SSSR count). The molecular weight excluding hydrogens is 272 g/mol. The van der Waals surface area contributed by atoms with E-state index in [1.165, 1.54) is 6.08 Å². The molecule has 1 fully saturated rings. The number of likely N-dealkylation sites (tertiary alicyclic amines) is 1. The maximum atomic E-state index is 11.9. The highest BCUT2D eigenvalue weighted by atomic mass is 16.6. The Bertz CT molecular complexity index is 404. The summed E-state index contributed by atoms with van der Waals surface area (Å²) in [5.41, 5.74) is 5.96. The molecule has 21 heavy (non-hydrogen) atoms. The van der Waals surface area contributed by atoms with Gasteiger partial charge in [-0.05, 0) is 40.5 Å². The number of amides is 1. The molecule has 0 aliphatic carbocycles. The molecule has 1 aliphatic rings. The van der Waals surface area contributed by atoms with Gasteiger partial charge in [0.1, 0.15) is 5.60 Å². The zero-order chi connectivity index (χ0) is 16.0. The van der Waals surface area contributed by atoms with Gasteiger partial charge in [0.05, 0.1) is 6.61 Å². The molecule has 0 aromatic heterocycles. The maximum Gasteiger partial charge on any atom is 0.410 e. The Hall–Kier alpha value is -1.72. The van der Waals surface area contributed by atoms with E-state index in [2.05, 4.69) is 0 Å². The summed E-state index contributed by atoms with van der Waals surface area (Å²) in [4.78, 5) is 25.0. The Kier molecular flexibility index (Phi) is 6.05. The standard InChI is InChI=1S/C15H26N2O4/c1-5-20-13(18)10-12(16)11-6-8-17(9-7-11)14(19)21-15(2,3)4/h10-11H,5-9,16H2,1-4H3/b12-10+. The summed E-state index contributed by atoms with van der Waals surface area (Å²) in [6.07, 6.45) is 2.49. The van der Waals surface area contributed by atoms with E-state index < -0.39 is 11.6 Å². The van der Waals surface area contributed by atoms with Crippen LogP contribution in [0, 0.1) is 5.92 Å². The minimum absolute atomic E-state index is 0.105.